The molecule has 0 saturated carbocycles. The van der Waals surface area contributed by atoms with Crippen molar-refractivity contribution in [3.05, 3.63) is 27.8 Å². The molecule has 7 nitrogen and oxygen atoms in total. The first-order valence-corrected chi connectivity index (χ1v) is 4.81. The molecule has 1 rings (SSSR count). The van der Waals surface area contributed by atoms with Crippen molar-refractivity contribution in [2.24, 2.45) is 5.73 Å². The van der Waals surface area contributed by atoms with Gasteiger partial charge >= 0.3 is 0 Å². The van der Waals surface area contributed by atoms with Crippen LogP contribution in [0.4, 0.5) is 5.69 Å². The second kappa shape index (κ2) is 5.46. The molecule has 0 radical (unpaired) electrons. The summed E-state index contributed by atoms with van der Waals surface area (Å²) in [6.07, 6.45) is 0. The molecule has 0 unspecified atom stereocenters. The highest BCUT2D eigenvalue weighted by atomic mass is 16.6. The van der Waals surface area contributed by atoms with E-state index in [9.17, 15) is 10.1 Å². The fourth-order valence-electron chi connectivity index (χ4n) is 1.46. The first kappa shape index (κ1) is 13.2. The normalized spacial score (nSPS) is 12.0. The quantitative estimate of drug-likeness (QED) is 0.578. The standard InChI is InChI=1S/C10H14N2O5/c1-16-9-4-6(12(14)15)3-7(8(11)5-13)10(9)17-2/h3-4,8,13H,5,11H2,1-2H3/t8-/m0/s1. The summed E-state index contributed by atoms with van der Waals surface area (Å²) in [6.45, 7) is -0.347. The summed E-state index contributed by atoms with van der Waals surface area (Å²) in [7, 11) is 2.77. The molecular formula is C10H14N2O5. The Morgan fingerprint density at radius 2 is 2.12 bits per heavy atom. The van der Waals surface area contributed by atoms with Crippen LogP contribution < -0.4 is 15.2 Å². The Labute approximate surface area is 97.9 Å². The Morgan fingerprint density at radius 3 is 2.53 bits per heavy atom. The third-order valence-corrected chi connectivity index (χ3v) is 2.30. The molecule has 0 saturated heterocycles. The topological polar surface area (TPSA) is 108 Å². The molecule has 0 aliphatic rings. The lowest BCUT2D eigenvalue weighted by molar-refractivity contribution is -0.385. The number of ether oxygens (including phenoxy) is 2. The highest BCUT2D eigenvalue weighted by Crippen LogP contribution is 2.37. The van der Waals surface area contributed by atoms with E-state index in [1.807, 2.05) is 0 Å². The number of non-ortho nitro benzene ring substituents is 1. The van der Waals surface area contributed by atoms with Gasteiger partial charge in [-0.3, -0.25) is 10.1 Å². The minimum Gasteiger partial charge on any atom is -0.493 e. The van der Waals surface area contributed by atoms with Crippen molar-refractivity contribution in [3.8, 4) is 11.5 Å². The molecule has 0 spiro atoms. The number of hydrogen-bond donors (Lipinski definition) is 2. The van der Waals surface area contributed by atoms with E-state index in [1.165, 1.54) is 26.4 Å². The molecule has 0 fully saturated rings. The third kappa shape index (κ3) is 2.63. The van der Waals surface area contributed by atoms with Crippen molar-refractivity contribution in [2.45, 2.75) is 6.04 Å². The molecule has 94 valence electrons. The zero-order valence-corrected chi connectivity index (χ0v) is 9.54. The smallest absolute Gasteiger partial charge is 0.273 e. The van der Waals surface area contributed by atoms with E-state index < -0.39 is 11.0 Å². The molecular weight excluding hydrogens is 228 g/mol. The zero-order valence-electron chi connectivity index (χ0n) is 9.54. The van der Waals surface area contributed by atoms with Crippen LogP contribution in [0.25, 0.3) is 0 Å². The van der Waals surface area contributed by atoms with Crippen LogP contribution in [-0.4, -0.2) is 30.9 Å². The Kier molecular flexibility index (Phi) is 4.24. The van der Waals surface area contributed by atoms with E-state index in [2.05, 4.69) is 0 Å². The van der Waals surface area contributed by atoms with Gasteiger partial charge in [-0.2, -0.15) is 0 Å². The number of benzene rings is 1. The maximum atomic E-state index is 10.7. The molecule has 7 heteroatoms. The van der Waals surface area contributed by atoms with Crippen LogP contribution in [0, 0.1) is 10.1 Å². The monoisotopic (exact) mass is 242 g/mol. The van der Waals surface area contributed by atoms with Gasteiger partial charge in [-0.05, 0) is 0 Å². The molecule has 1 aromatic rings. The van der Waals surface area contributed by atoms with Crippen molar-refractivity contribution >= 4 is 5.69 Å². The van der Waals surface area contributed by atoms with Gasteiger partial charge in [0.05, 0.1) is 37.9 Å². The fraction of sp³-hybridized carbons (Fsp3) is 0.400. The summed E-state index contributed by atoms with van der Waals surface area (Å²) < 4.78 is 10.1. The fourth-order valence-corrected chi connectivity index (χ4v) is 1.46. The second-order valence-electron chi connectivity index (χ2n) is 3.32. The number of nitro groups is 1. The summed E-state index contributed by atoms with van der Waals surface area (Å²) in [5, 5.41) is 19.7. The van der Waals surface area contributed by atoms with Gasteiger partial charge in [-0.25, -0.2) is 0 Å². The number of aliphatic hydroxyl groups is 1. The average molecular weight is 242 g/mol. The van der Waals surface area contributed by atoms with Crippen LogP contribution in [0.5, 0.6) is 11.5 Å². The maximum absolute atomic E-state index is 10.7. The lowest BCUT2D eigenvalue weighted by Crippen LogP contribution is -2.16. The van der Waals surface area contributed by atoms with E-state index in [1.54, 1.807) is 0 Å². The minimum absolute atomic E-state index is 0.165. The van der Waals surface area contributed by atoms with Gasteiger partial charge in [0.1, 0.15) is 0 Å². The van der Waals surface area contributed by atoms with Crippen LogP contribution in [0.1, 0.15) is 11.6 Å². The lowest BCUT2D eigenvalue weighted by Gasteiger charge is -2.16. The first-order chi connectivity index (χ1) is 8.04. The van der Waals surface area contributed by atoms with E-state index in [-0.39, 0.29) is 18.0 Å². The van der Waals surface area contributed by atoms with Crippen LogP contribution in [0.3, 0.4) is 0 Å². The number of methoxy groups -OCH3 is 2. The van der Waals surface area contributed by atoms with Crippen LogP contribution in [0.2, 0.25) is 0 Å². The van der Waals surface area contributed by atoms with Gasteiger partial charge in [0.25, 0.3) is 5.69 Å². The molecule has 0 aromatic heterocycles. The highest BCUT2D eigenvalue weighted by molar-refractivity contribution is 5.55. The van der Waals surface area contributed by atoms with Crippen LogP contribution >= 0.6 is 0 Å². The molecule has 0 aliphatic carbocycles. The summed E-state index contributed by atoms with van der Waals surface area (Å²) in [6, 6.07) is 1.74. The number of hydrogen-bond acceptors (Lipinski definition) is 6. The molecule has 0 bridgehead atoms. The van der Waals surface area contributed by atoms with Gasteiger partial charge in [0, 0.05) is 11.6 Å². The predicted molar refractivity (Wildman–Crippen MR) is 60.2 cm³/mol. The summed E-state index contributed by atoms with van der Waals surface area (Å²) in [5.41, 5.74) is 5.82. The van der Waals surface area contributed by atoms with Crippen molar-refractivity contribution in [3.63, 3.8) is 0 Å². The summed E-state index contributed by atoms with van der Waals surface area (Å²) in [5.74, 6) is 0.500. The van der Waals surface area contributed by atoms with Crippen molar-refractivity contribution < 1.29 is 19.5 Å². The van der Waals surface area contributed by atoms with Gasteiger partial charge in [0.15, 0.2) is 11.5 Å². The molecule has 0 aliphatic heterocycles. The van der Waals surface area contributed by atoms with E-state index in [0.29, 0.717) is 11.3 Å². The highest BCUT2D eigenvalue weighted by Gasteiger charge is 2.21. The summed E-state index contributed by atoms with van der Waals surface area (Å²) >= 11 is 0. The second-order valence-corrected chi connectivity index (χ2v) is 3.32. The molecule has 17 heavy (non-hydrogen) atoms. The maximum Gasteiger partial charge on any atom is 0.273 e. The Bertz CT molecular complexity index is 421. The molecule has 1 aromatic carbocycles. The SMILES string of the molecule is COc1cc([N+](=O)[O-])cc([C@@H](N)CO)c1OC. The van der Waals surface area contributed by atoms with Crippen molar-refractivity contribution in [2.75, 3.05) is 20.8 Å². The van der Waals surface area contributed by atoms with Crippen LogP contribution in [0.15, 0.2) is 12.1 Å². The van der Waals surface area contributed by atoms with E-state index in [4.69, 9.17) is 20.3 Å². The van der Waals surface area contributed by atoms with Gasteiger partial charge in [-0.1, -0.05) is 0 Å². The predicted octanol–water partition coefficient (Wildman–Crippen LogP) is 0.604. The van der Waals surface area contributed by atoms with Crippen molar-refractivity contribution in [1.29, 1.82) is 0 Å². The zero-order chi connectivity index (χ0) is 13.0. The average Bonchev–Trinajstić information content (AvgIpc) is 2.35. The van der Waals surface area contributed by atoms with E-state index >= 15 is 0 Å². The number of rotatable bonds is 5. The van der Waals surface area contributed by atoms with Crippen LogP contribution in [-0.2, 0) is 0 Å². The van der Waals surface area contributed by atoms with Gasteiger partial charge in [-0.15, -0.1) is 0 Å². The number of nitrogens with two attached hydrogens (primary N) is 1. The number of nitrogens with zero attached hydrogens (tertiary/aromatic N) is 1. The minimum atomic E-state index is -0.765. The van der Waals surface area contributed by atoms with Gasteiger partial charge < -0.3 is 20.3 Å². The van der Waals surface area contributed by atoms with Crippen molar-refractivity contribution in [1.82, 2.24) is 0 Å². The summed E-state index contributed by atoms with van der Waals surface area (Å²) in [4.78, 5) is 10.2. The largest absolute Gasteiger partial charge is 0.493 e. The molecule has 3 N–H and O–H groups in total. The molecule has 0 amide bonds. The van der Waals surface area contributed by atoms with Gasteiger partial charge in [0.2, 0.25) is 0 Å². The Morgan fingerprint density at radius 1 is 1.47 bits per heavy atom. The van der Waals surface area contributed by atoms with E-state index in [0.717, 1.165) is 0 Å². The first-order valence-electron chi connectivity index (χ1n) is 4.81. The third-order valence-electron chi connectivity index (χ3n) is 2.30. The number of nitro benzene ring substituents is 1. The molecule has 1 atom stereocenters. The Hall–Kier alpha value is -1.86. The lowest BCUT2D eigenvalue weighted by atomic mass is 10.1. The molecule has 0 heterocycles. The number of aliphatic hydroxyl groups excluding tert-OH is 1. The Balaban J connectivity index is 3.42.